The molecule has 0 radical (unpaired) electrons. The minimum atomic E-state index is -0.407. The van der Waals surface area contributed by atoms with Gasteiger partial charge in [-0.3, -0.25) is 9.59 Å². The van der Waals surface area contributed by atoms with E-state index in [0.29, 0.717) is 26.2 Å². The second-order valence-electron chi connectivity index (χ2n) is 6.96. The molecule has 0 aromatic heterocycles. The number of nitrogens with one attached hydrogen (secondary N) is 1. The highest BCUT2D eigenvalue weighted by Gasteiger charge is 2.37. The third-order valence-electron chi connectivity index (χ3n) is 5.25. The van der Waals surface area contributed by atoms with Crippen LogP contribution in [-0.4, -0.2) is 48.6 Å². The van der Waals surface area contributed by atoms with Crippen LogP contribution in [0.4, 0.5) is 5.69 Å². The molecule has 0 bridgehead atoms. The number of piperidine rings is 1. The molecule has 0 spiro atoms. The number of amides is 2. The van der Waals surface area contributed by atoms with E-state index in [-0.39, 0.29) is 17.9 Å². The summed E-state index contributed by atoms with van der Waals surface area (Å²) in [6.45, 7) is 1.96. The summed E-state index contributed by atoms with van der Waals surface area (Å²) in [5.74, 6) is 0.760. The van der Waals surface area contributed by atoms with Gasteiger partial charge in [-0.2, -0.15) is 0 Å². The Morgan fingerprint density at radius 3 is 2.88 bits per heavy atom. The van der Waals surface area contributed by atoms with Gasteiger partial charge in [0.05, 0.1) is 6.61 Å². The summed E-state index contributed by atoms with van der Waals surface area (Å²) < 4.78 is 11.0. The first-order valence-electron chi connectivity index (χ1n) is 9.21. The zero-order valence-electron chi connectivity index (χ0n) is 14.3. The Kier molecular flexibility index (Phi) is 4.61. The molecule has 1 N–H and O–H groups in total. The fourth-order valence-electron chi connectivity index (χ4n) is 3.92. The zero-order chi connectivity index (χ0) is 17.2. The van der Waals surface area contributed by atoms with Gasteiger partial charge >= 0.3 is 0 Å². The van der Waals surface area contributed by atoms with E-state index in [0.717, 1.165) is 49.1 Å². The summed E-state index contributed by atoms with van der Waals surface area (Å²) in [4.78, 5) is 27.3. The molecular formula is C19H24N2O4. The number of nitrogens with zero attached hydrogens (tertiary/aromatic N) is 1. The molecular weight excluding hydrogens is 320 g/mol. The first-order chi connectivity index (χ1) is 12.2. The molecule has 1 aromatic rings. The Bertz CT molecular complexity index is 669. The van der Waals surface area contributed by atoms with Gasteiger partial charge in [0.25, 0.3) is 5.91 Å². The number of anilines is 1. The van der Waals surface area contributed by atoms with Crippen molar-refractivity contribution in [2.75, 3.05) is 25.1 Å². The molecule has 0 aliphatic carbocycles. The van der Waals surface area contributed by atoms with E-state index in [2.05, 4.69) is 5.32 Å². The number of fused-ring (bicyclic) bond motifs is 1. The zero-order valence-corrected chi connectivity index (χ0v) is 14.3. The third kappa shape index (κ3) is 3.35. The molecule has 1 aromatic carbocycles. The van der Waals surface area contributed by atoms with Crippen molar-refractivity contribution in [1.82, 2.24) is 4.90 Å². The monoisotopic (exact) mass is 344 g/mol. The number of hydrogen-bond acceptors (Lipinski definition) is 4. The van der Waals surface area contributed by atoms with Gasteiger partial charge in [0.1, 0.15) is 17.9 Å². The van der Waals surface area contributed by atoms with Crippen LogP contribution in [0.25, 0.3) is 0 Å². The van der Waals surface area contributed by atoms with E-state index < -0.39 is 6.04 Å². The van der Waals surface area contributed by atoms with Crippen molar-refractivity contribution < 1.29 is 19.1 Å². The molecule has 2 fully saturated rings. The summed E-state index contributed by atoms with van der Waals surface area (Å²) in [5.41, 5.74) is 1.89. The first kappa shape index (κ1) is 16.4. The largest absolute Gasteiger partial charge is 0.493 e. The van der Waals surface area contributed by atoms with Gasteiger partial charge in [-0.1, -0.05) is 0 Å². The van der Waals surface area contributed by atoms with Gasteiger partial charge in [0.15, 0.2) is 0 Å². The van der Waals surface area contributed by atoms with E-state index in [9.17, 15) is 9.59 Å². The normalized spacial score (nSPS) is 25.4. The maximum atomic E-state index is 12.8. The van der Waals surface area contributed by atoms with E-state index >= 15 is 0 Å². The highest BCUT2D eigenvalue weighted by Crippen LogP contribution is 2.29. The Hall–Kier alpha value is -2.08. The summed E-state index contributed by atoms with van der Waals surface area (Å²) >= 11 is 0. The van der Waals surface area contributed by atoms with Crippen molar-refractivity contribution in [3.63, 3.8) is 0 Å². The number of carbonyl (C=O) groups is 2. The van der Waals surface area contributed by atoms with Crippen LogP contribution in [0.2, 0.25) is 0 Å². The van der Waals surface area contributed by atoms with E-state index in [1.165, 1.54) is 0 Å². The maximum Gasteiger partial charge on any atom is 0.252 e. The lowest BCUT2D eigenvalue weighted by Gasteiger charge is -2.36. The molecule has 25 heavy (non-hydrogen) atoms. The number of benzene rings is 1. The third-order valence-corrected chi connectivity index (χ3v) is 5.25. The predicted octanol–water partition coefficient (Wildman–Crippen LogP) is 2.12. The first-order valence-corrected chi connectivity index (χ1v) is 9.21. The molecule has 4 rings (SSSR count). The Morgan fingerprint density at radius 1 is 1.12 bits per heavy atom. The maximum absolute atomic E-state index is 12.8. The van der Waals surface area contributed by atoms with E-state index in [1.807, 2.05) is 18.2 Å². The van der Waals surface area contributed by atoms with E-state index in [4.69, 9.17) is 9.47 Å². The van der Waals surface area contributed by atoms with Gasteiger partial charge in [0, 0.05) is 25.3 Å². The lowest BCUT2D eigenvalue weighted by atomic mass is 10.00. The van der Waals surface area contributed by atoms with Crippen LogP contribution < -0.4 is 10.1 Å². The molecule has 0 saturated carbocycles. The molecule has 2 amide bonds. The smallest absolute Gasteiger partial charge is 0.252 e. The van der Waals surface area contributed by atoms with Crippen molar-refractivity contribution in [2.24, 2.45) is 0 Å². The number of rotatable bonds is 3. The van der Waals surface area contributed by atoms with Gasteiger partial charge in [-0.25, -0.2) is 0 Å². The molecule has 6 nitrogen and oxygen atoms in total. The van der Waals surface area contributed by atoms with Crippen LogP contribution in [-0.2, 0) is 20.7 Å². The van der Waals surface area contributed by atoms with Crippen molar-refractivity contribution in [1.29, 1.82) is 0 Å². The van der Waals surface area contributed by atoms with Crippen LogP contribution >= 0.6 is 0 Å². The lowest BCUT2D eigenvalue weighted by Crippen LogP contribution is -2.52. The van der Waals surface area contributed by atoms with E-state index in [1.54, 1.807) is 4.90 Å². The quantitative estimate of drug-likeness (QED) is 0.912. The average molecular weight is 344 g/mol. The summed E-state index contributed by atoms with van der Waals surface area (Å²) in [6, 6.07) is 5.32. The number of hydrogen-bond donors (Lipinski definition) is 1. The molecule has 3 heterocycles. The minimum absolute atomic E-state index is 0.0281. The van der Waals surface area contributed by atoms with Crippen LogP contribution in [0.15, 0.2) is 18.2 Å². The molecule has 3 aliphatic rings. The molecule has 2 saturated heterocycles. The van der Waals surface area contributed by atoms with Crippen LogP contribution in [0.5, 0.6) is 5.75 Å². The fraction of sp³-hybridized carbons (Fsp3) is 0.579. The van der Waals surface area contributed by atoms with Gasteiger partial charge < -0.3 is 19.7 Å². The van der Waals surface area contributed by atoms with Crippen LogP contribution in [0, 0.1) is 0 Å². The summed E-state index contributed by atoms with van der Waals surface area (Å²) in [6.07, 6.45) is 4.78. The number of likely N-dealkylation sites (tertiary alicyclic amines) is 1. The fourth-order valence-corrected chi connectivity index (χ4v) is 3.92. The van der Waals surface area contributed by atoms with Crippen molar-refractivity contribution in [3.05, 3.63) is 23.8 Å². The lowest BCUT2D eigenvalue weighted by molar-refractivity contribution is -0.148. The van der Waals surface area contributed by atoms with Crippen molar-refractivity contribution in [3.8, 4) is 5.75 Å². The van der Waals surface area contributed by atoms with Crippen LogP contribution in [0.1, 0.15) is 37.7 Å². The van der Waals surface area contributed by atoms with Gasteiger partial charge in [-0.15, -0.1) is 0 Å². The SMILES string of the molecule is O=C(Nc1ccc2c(c1)CCO2)[C@H]1CCCCN1C(=O)[C@@H]1CCCO1. The Morgan fingerprint density at radius 2 is 2.04 bits per heavy atom. The second kappa shape index (κ2) is 7.04. The Balaban J connectivity index is 1.46. The highest BCUT2D eigenvalue weighted by molar-refractivity contribution is 5.98. The molecule has 2 atom stereocenters. The average Bonchev–Trinajstić information content (AvgIpc) is 3.32. The number of carbonyl (C=O) groups excluding carboxylic acids is 2. The summed E-state index contributed by atoms with van der Waals surface area (Å²) in [5, 5.41) is 2.99. The minimum Gasteiger partial charge on any atom is -0.493 e. The number of ether oxygens (including phenoxy) is 2. The van der Waals surface area contributed by atoms with Gasteiger partial charge in [-0.05, 0) is 55.9 Å². The molecule has 134 valence electrons. The standard InChI is InChI=1S/C19H24N2O4/c22-18(20-14-6-7-16-13(12-14)8-11-25-16)15-4-1-2-9-21(15)19(23)17-5-3-10-24-17/h6-7,12,15,17H,1-5,8-11H2,(H,20,22)/t15-,17+/m1/s1. The molecule has 6 heteroatoms. The second-order valence-corrected chi connectivity index (χ2v) is 6.96. The summed E-state index contributed by atoms with van der Waals surface area (Å²) in [7, 11) is 0. The Labute approximate surface area is 147 Å². The topological polar surface area (TPSA) is 67.9 Å². The van der Waals surface area contributed by atoms with Crippen LogP contribution in [0.3, 0.4) is 0 Å². The van der Waals surface area contributed by atoms with Gasteiger partial charge in [0.2, 0.25) is 5.91 Å². The molecule has 3 aliphatic heterocycles. The van der Waals surface area contributed by atoms with Crippen molar-refractivity contribution in [2.45, 2.75) is 50.7 Å². The molecule has 0 unspecified atom stereocenters. The highest BCUT2D eigenvalue weighted by atomic mass is 16.5. The predicted molar refractivity (Wildman–Crippen MR) is 92.6 cm³/mol. The van der Waals surface area contributed by atoms with Crippen molar-refractivity contribution >= 4 is 17.5 Å².